The summed E-state index contributed by atoms with van der Waals surface area (Å²) in [6.07, 6.45) is 4.59. The van der Waals surface area contributed by atoms with Crippen LogP contribution in [0.25, 0.3) is 0 Å². The van der Waals surface area contributed by atoms with Gasteiger partial charge in [-0.25, -0.2) is 4.79 Å². The van der Waals surface area contributed by atoms with Gasteiger partial charge < -0.3 is 5.11 Å². The summed E-state index contributed by atoms with van der Waals surface area (Å²) in [6.45, 7) is 0. The van der Waals surface area contributed by atoms with Crippen LogP contribution in [-0.2, 0) is 4.79 Å². The van der Waals surface area contributed by atoms with Gasteiger partial charge in [-0.2, -0.15) is 8.78 Å². The molecule has 1 atom stereocenters. The molecule has 0 amide bonds. The van der Waals surface area contributed by atoms with Crippen LogP contribution in [0.1, 0.15) is 19.3 Å². The zero-order chi connectivity index (χ0) is 9.19. The van der Waals surface area contributed by atoms with Gasteiger partial charge in [0.1, 0.15) is 0 Å². The number of carboxylic acids is 1. The smallest absolute Gasteiger partial charge is 0.375 e. The molecule has 0 aromatic rings. The highest BCUT2D eigenvalue weighted by Gasteiger charge is 2.46. The van der Waals surface area contributed by atoms with E-state index in [0.29, 0.717) is 6.42 Å². The summed E-state index contributed by atoms with van der Waals surface area (Å²) in [5.74, 6) is -6.75. The summed E-state index contributed by atoms with van der Waals surface area (Å²) >= 11 is 0. The molecule has 0 saturated heterocycles. The molecule has 4 heteroatoms. The van der Waals surface area contributed by atoms with Crippen LogP contribution in [0.4, 0.5) is 8.78 Å². The first kappa shape index (κ1) is 9.16. The van der Waals surface area contributed by atoms with Crippen molar-refractivity contribution in [2.24, 2.45) is 5.92 Å². The molecule has 2 nitrogen and oxygen atoms in total. The topological polar surface area (TPSA) is 37.3 Å². The van der Waals surface area contributed by atoms with Gasteiger partial charge in [-0.1, -0.05) is 12.2 Å². The first-order valence-corrected chi connectivity index (χ1v) is 3.83. The Kier molecular flexibility index (Phi) is 2.45. The van der Waals surface area contributed by atoms with Crippen LogP contribution in [0.5, 0.6) is 0 Å². The highest BCUT2D eigenvalue weighted by atomic mass is 19.3. The molecule has 0 fully saturated rings. The van der Waals surface area contributed by atoms with E-state index >= 15 is 0 Å². The molecule has 0 heterocycles. The third-order valence-electron chi connectivity index (χ3n) is 2.01. The van der Waals surface area contributed by atoms with Gasteiger partial charge in [0, 0.05) is 0 Å². The largest absolute Gasteiger partial charge is 0.477 e. The fraction of sp³-hybridized carbons (Fsp3) is 0.625. The number of halogens is 2. The molecule has 12 heavy (non-hydrogen) atoms. The number of carboxylic acid groups (broad SMARTS) is 1. The molecule has 1 unspecified atom stereocenters. The predicted molar refractivity (Wildman–Crippen MR) is 39.1 cm³/mol. The van der Waals surface area contributed by atoms with Crippen molar-refractivity contribution in [3.8, 4) is 0 Å². The Bertz CT molecular complexity index is 211. The SMILES string of the molecule is O=C(O)C(F)(F)C1C=CCCC1. The summed E-state index contributed by atoms with van der Waals surface area (Å²) in [6, 6.07) is 0. The minimum absolute atomic E-state index is 0.260. The van der Waals surface area contributed by atoms with E-state index in [1.54, 1.807) is 6.08 Å². The zero-order valence-electron chi connectivity index (χ0n) is 6.46. The monoisotopic (exact) mass is 176 g/mol. The molecule has 0 spiro atoms. The van der Waals surface area contributed by atoms with Crippen LogP contribution >= 0.6 is 0 Å². The van der Waals surface area contributed by atoms with Gasteiger partial charge in [-0.15, -0.1) is 0 Å². The lowest BCUT2D eigenvalue weighted by molar-refractivity contribution is -0.171. The standard InChI is InChI=1S/C8H10F2O2/c9-8(10,7(11)12)6-4-2-1-3-5-6/h2,4,6H,1,3,5H2,(H,11,12). The normalized spacial score (nSPS) is 24.0. The second-order valence-corrected chi connectivity index (χ2v) is 2.89. The van der Waals surface area contributed by atoms with Crippen LogP contribution < -0.4 is 0 Å². The number of rotatable bonds is 2. The van der Waals surface area contributed by atoms with Crippen molar-refractivity contribution in [3.63, 3.8) is 0 Å². The summed E-state index contributed by atoms with van der Waals surface area (Å²) in [5.41, 5.74) is 0. The quantitative estimate of drug-likeness (QED) is 0.654. The van der Waals surface area contributed by atoms with E-state index in [2.05, 4.69) is 0 Å². The maximum absolute atomic E-state index is 12.8. The summed E-state index contributed by atoms with van der Waals surface area (Å²) in [7, 11) is 0. The van der Waals surface area contributed by atoms with E-state index in [9.17, 15) is 13.6 Å². The Balaban J connectivity index is 2.73. The van der Waals surface area contributed by atoms with Crippen LogP contribution in [-0.4, -0.2) is 17.0 Å². The van der Waals surface area contributed by atoms with E-state index in [1.165, 1.54) is 6.08 Å². The van der Waals surface area contributed by atoms with Crippen LogP contribution in [0.15, 0.2) is 12.2 Å². The maximum atomic E-state index is 12.8. The van der Waals surface area contributed by atoms with Crippen molar-refractivity contribution in [1.29, 1.82) is 0 Å². The van der Waals surface area contributed by atoms with E-state index in [4.69, 9.17) is 5.11 Å². The molecule has 0 radical (unpaired) electrons. The lowest BCUT2D eigenvalue weighted by Crippen LogP contribution is -2.36. The predicted octanol–water partition coefficient (Wildman–Crippen LogP) is 2.06. The number of carbonyl (C=O) groups is 1. The Morgan fingerprint density at radius 3 is 2.67 bits per heavy atom. The second kappa shape index (κ2) is 3.21. The number of hydrogen-bond acceptors (Lipinski definition) is 1. The number of hydrogen-bond donors (Lipinski definition) is 1. The summed E-state index contributed by atoms with van der Waals surface area (Å²) in [5, 5.41) is 8.21. The van der Waals surface area contributed by atoms with Gasteiger partial charge in [-0.3, -0.25) is 0 Å². The van der Waals surface area contributed by atoms with Crippen LogP contribution in [0.3, 0.4) is 0 Å². The number of allylic oxidation sites excluding steroid dienone is 2. The van der Waals surface area contributed by atoms with Gasteiger partial charge in [0.05, 0.1) is 5.92 Å². The van der Waals surface area contributed by atoms with Crippen molar-refractivity contribution < 1.29 is 18.7 Å². The molecule has 0 aromatic carbocycles. The van der Waals surface area contributed by atoms with Gasteiger partial charge in [0.2, 0.25) is 0 Å². The minimum Gasteiger partial charge on any atom is -0.477 e. The average Bonchev–Trinajstić information content (AvgIpc) is 2.06. The number of aliphatic carboxylic acids is 1. The Morgan fingerprint density at radius 2 is 2.25 bits per heavy atom. The molecule has 0 aromatic heterocycles. The third kappa shape index (κ3) is 1.62. The van der Waals surface area contributed by atoms with E-state index in [0.717, 1.165) is 6.42 Å². The second-order valence-electron chi connectivity index (χ2n) is 2.89. The fourth-order valence-electron chi connectivity index (χ4n) is 1.27. The van der Waals surface area contributed by atoms with Gasteiger partial charge in [0.25, 0.3) is 0 Å². The minimum atomic E-state index is -3.60. The van der Waals surface area contributed by atoms with Gasteiger partial charge in [0.15, 0.2) is 0 Å². The molecular formula is C8H10F2O2. The fourth-order valence-corrected chi connectivity index (χ4v) is 1.27. The Morgan fingerprint density at radius 1 is 1.58 bits per heavy atom. The molecule has 0 aliphatic heterocycles. The molecule has 0 bridgehead atoms. The molecule has 1 rings (SSSR count). The number of alkyl halides is 2. The lowest BCUT2D eigenvalue weighted by Gasteiger charge is -2.22. The van der Waals surface area contributed by atoms with Crippen molar-refractivity contribution in [1.82, 2.24) is 0 Å². The van der Waals surface area contributed by atoms with E-state index in [-0.39, 0.29) is 6.42 Å². The molecule has 1 aliphatic carbocycles. The summed E-state index contributed by atoms with van der Waals surface area (Å²) in [4.78, 5) is 10.1. The highest BCUT2D eigenvalue weighted by Crippen LogP contribution is 2.32. The molecule has 0 saturated carbocycles. The molecular weight excluding hydrogens is 166 g/mol. The maximum Gasteiger partial charge on any atom is 0.375 e. The van der Waals surface area contributed by atoms with E-state index in [1.807, 2.05) is 0 Å². The van der Waals surface area contributed by atoms with Gasteiger partial charge in [-0.05, 0) is 19.3 Å². The zero-order valence-corrected chi connectivity index (χ0v) is 6.46. The highest BCUT2D eigenvalue weighted by molar-refractivity contribution is 5.76. The van der Waals surface area contributed by atoms with Crippen LogP contribution in [0.2, 0.25) is 0 Å². The Labute approximate surface area is 68.9 Å². The van der Waals surface area contributed by atoms with E-state index < -0.39 is 17.8 Å². The molecule has 68 valence electrons. The van der Waals surface area contributed by atoms with Crippen molar-refractivity contribution in [2.75, 3.05) is 0 Å². The Hall–Kier alpha value is -0.930. The molecule has 1 aliphatic rings. The first-order valence-electron chi connectivity index (χ1n) is 3.83. The molecule has 1 N–H and O–H groups in total. The van der Waals surface area contributed by atoms with Crippen molar-refractivity contribution in [2.45, 2.75) is 25.2 Å². The third-order valence-corrected chi connectivity index (χ3v) is 2.01. The first-order chi connectivity index (χ1) is 5.55. The van der Waals surface area contributed by atoms with Gasteiger partial charge >= 0.3 is 11.9 Å². The average molecular weight is 176 g/mol. The lowest BCUT2D eigenvalue weighted by atomic mass is 9.90. The van der Waals surface area contributed by atoms with Crippen LogP contribution in [0, 0.1) is 5.92 Å². The van der Waals surface area contributed by atoms with Crippen molar-refractivity contribution in [3.05, 3.63) is 12.2 Å². The van der Waals surface area contributed by atoms with Crippen molar-refractivity contribution >= 4 is 5.97 Å². The summed E-state index contributed by atoms with van der Waals surface area (Å²) < 4.78 is 25.6.